The zero-order valence-electron chi connectivity index (χ0n) is 11.9. The first-order valence-corrected chi connectivity index (χ1v) is 6.96. The van der Waals surface area contributed by atoms with E-state index >= 15 is 0 Å². The molecule has 3 nitrogen and oxygen atoms in total. The van der Waals surface area contributed by atoms with Gasteiger partial charge in [0.15, 0.2) is 17.4 Å². The lowest BCUT2D eigenvalue weighted by Gasteiger charge is -2.39. The monoisotopic (exact) mass is 282 g/mol. The Morgan fingerprint density at radius 2 is 2.05 bits per heavy atom. The summed E-state index contributed by atoms with van der Waals surface area (Å²) in [5.41, 5.74) is 0.231. The maximum atomic E-state index is 13.1. The Balaban J connectivity index is 1.96. The van der Waals surface area contributed by atoms with Crippen molar-refractivity contribution in [2.75, 3.05) is 32.7 Å². The smallest absolute Gasteiger partial charge is 0.176 e. The fraction of sp³-hybridized carbons (Fsp3) is 0.533. The molecule has 0 aromatic heterocycles. The number of halogens is 2. The van der Waals surface area contributed by atoms with Crippen LogP contribution in [0.1, 0.15) is 24.2 Å². The zero-order chi connectivity index (χ0) is 14.7. The number of nitrogens with zero attached hydrogens (tertiary/aromatic N) is 2. The van der Waals surface area contributed by atoms with Gasteiger partial charge in [-0.15, -0.1) is 0 Å². The van der Waals surface area contributed by atoms with E-state index in [1.807, 2.05) is 0 Å². The lowest BCUT2D eigenvalue weighted by atomic mass is 10.1. The maximum Gasteiger partial charge on any atom is 0.176 e. The van der Waals surface area contributed by atoms with Crippen molar-refractivity contribution in [2.45, 2.75) is 19.9 Å². The SMILES string of the molecule is CCN1CCN(CC(=O)c2ccc(F)c(F)c2)CC1C. The predicted octanol–water partition coefficient (Wildman–Crippen LogP) is 2.17. The Hall–Kier alpha value is -1.33. The Bertz CT molecular complexity index is 493. The van der Waals surface area contributed by atoms with Gasteiger partial charge in [0, 0.05) is 31.2 Å². The molecule has 0 spiro atoms. The van der Waals surface area contributed by atoms with E-state index in [1.54, 1.807) is 0 Å². The second-order valence-corrected chi connectivity index (χ2v) is 5.26. The molecule has 1 aliphatic heterocycles. The molecule has 0 saturated carbocycles. The molecule has 0 bridgehead atoms. The minimum Gasteiger partial charge on any atom is -0.298 e. The number of likely N-dealkylation sites (N-methyl/N-ethyl adjacent to an activating group) is 1. The van der Waals surface area contributed by atoms with Crippen molar-refractivity contribution in [2.24, 2.45) is 0 Å². The van der Waals surface area contributed by atoms with Crippen molar-refractivity contribution < 1.29 is 13.6 Å². The molecule has 110 valence electrons. The van der Waals surface area contributed by atoms with Crippen molar-refractivity contribution in [3.63, 3.8) is 0 Å². The van der Waals surface area contributed by atoms with Crippen LogP contribution in [-0.2, 0) is 0 Å². The van der Waals surface area contributed by atoms with Crippen LogP contribution in [0.25, 0.3) is 0 Å². The lowest BCUT2D eigenvalue weighted by molar-refractivity contribution is 0.0722. The third-order valence-electron chi connectivity index (χ3n) is 3.86. The van der Waals surface area contributed by atoms with Crippen molar-refractivity contribution in [1.29, 1.82) is 0 Å². The summed E-state index contributed by atoms with van der Waals surface area (Å²) in [7, 11) is 0. The van der Waals surface area contributed by atoms with Gasteiger partial charge in [0.2, 0.25) is 0 Å². The topological polar surface area (TPSA) is 23.6 Å². The van der Waals surface area contributed by atoms with Gasteiger partial charge < -0.3 is 0 Å². The number of carbonyl (C=O) groups excluding carboxylic acids is 1. The number of Topliss-reactive ketones (excluding diaryl/α,β-unsaturated/α-hetero) is 1. The summed E-state index contributed by atoms with van der Waals surface area (Å²) in [5.74, 6) is -2.06. The van der Waals surface area contributed by atoms with Gasteiger partial charge in [-0.05, 0) is 31.7 Å². The van der Waals surface area contributed by atoms with Gasteiger partial charge in [0.05, 0.1) is 6.54 Å². The van der Waals surface area contributed by atoms with E-state index in [1.165, 1.54) is 6.07 Å². The van der Waals surface area contributed by atoms with E-state index in [2.05, 4.69) is 23.6 Å². The molecule has 0 amide bonds. The van der Waals surface area contributed by atoms with Gasteiger partial charge in [0.25, 0.3) is 0 Å². The molecule has 0 radical (unpaired) electrons. The highest BCUT2D eigenvalue weighted by Gasteiger charge is 2.24. The van der Waals surface area contributed by atoms with Crippen LogP contribution in [0.3, 0.4) is 0 Å². The number of hydrogen-bond acceptors (Lipinski definition) is 3. The second-order valence-electron chi connectivity index (χ2n) is 5.26. The highest BCUT2D eigenvalue weighted by atomic mass is 19.2. The van der Waals surface area contributed by atoms with Crippen molar-refractivity contribution in [3.05, 3.63) is 35.4 Å². The summed E-state index contributed by atoms with van der Waals surface area (Å²) in [4.78, 5) is 16.5. The quantitative estimate of drug-likeness (QED) is 0.791. The van der Waals surface area contributed by atoms with Crippen LogP contribution in [0.4, 0.5) is 8.78 Å². The summed E-state index contributed by atoms with van der Waals surface area (Å²) in [6.45, 7) is 8.11. The number of piperazine rings is 1. The third kappa shape index (κ3) is 3.41. The third-order valence-corrected chi connectivity index (χ3v) is 3.86. The fourth-order valence-electron chi connectivity index (χ4n) is 2.65. The molecule has 1 unspecified atom stereocenters. The summed E-state index contributed by atoms with van der Waals surface area (Å²) >= 11 is 0. The summed E-state index contributed by atoms with van der Waals surface area (Å²) < 4.78 is 26.0. The van der Waals surface area contributed by atoms with Crippen LogP contribution in [0.2, 0.25) is 0 Å². The summed E-state index contributed by atoms with van der Waals surface area (Å²) in [5, 5.41) is 0. The van der Waals surface area contributed by atoms with Crippen LogP contribution in [0.5, 0.6) is 0 Å². The van der Waals surface area contributed by atoms with Crippen molar-refractivity contribution in [1.82, 2.24) is 9.80 Å². The molecule has 1 heterocycles. The Labute approximate surface area is 118 Å². The number of rotatable bonds is 4. The average Bonchev–Trinajstić information content (AvgIpc) is 2.42. The van der Waals surface area contributed by atoms with E-state index in [-0.39, 0.29) is 17.9 Å². The molecule has 2 rings (SSSR count). The normalized spacial score (nSPS) is 21.1. The van der Waals surface area contributed by atoms with Gasteiger partial charge in [-0.3, -0.25) is 14.6 Å². The largest absolute Gasteiger partial charge is 0.298 e. The zero-order valence-corrected chi connectivity index (χ0v) is 11.9. The van der Waals surface area contributed by atoms with Crippen LogP contribution >= 0.6 is 0 Å². The molecule has 1 aromatic carbocycles. The van der Waals surface area contributed by atoms with Gasteiger partial charge in [0.1, 0.15) is 0 Å². The molecule has 5 heteroatoms. The number of carbonyl (C=O) groups is 1. The van der Waals surface area contributed by atoms with Crippen LogP contribution < -0.4 is 0 Å². The lowest BCUT2D eigenvalue weighted by Crippen LogP contribution is -2.52. The first-order chi connectivity index (χ1) is 9.51. The van der Waals surface area contributed by atoms with Crippen LogP contribution in [0, 0.1) is 11.6 Å². The standard InChI is InChI=1S/C15H20F2N2O/c1-3-19-7-6-18(9-11(19)2)10-15(20)12-4-5-13(16)14(17)8-12/h4-5,8,11H,3,6-7,9-10H2,1-2H3. The molecule has 1 fully saturated rings. The first-order valence-electron chi connectivity index (χ1n) is 6.96. The minimum atomic E-state index is -0.972. The molecule has 1 saturated heterocycles. The maximum absolute atomic E-state index is 13.1. The molecule has 1 aromatic rings. The first kappa shape index (κ1) is 15.1. The Morgan fingerprint density at radius 3 is 2.65 bits per heavy atom. The molecule has 0 aliphatic carbocycles. The average molecular weight is 282 g/mol. The fourth-order valence-corrected chi connectivity index (χ4v) is 2.65. The number of ketones is 1. The molecular formula is C15H20F2N2O. The summed E-state index contributed by atoms with van der Waals surface area (Å²) in [6.07, 6.45) is 0. The van der Waals surface area contributed by atoms with Crippen molar-refractivity contribution in [3.8, 4) is 0 Å². The van der Waals surface area contributed by atoms with Gasteiger partial charge >= 0.3 is 0 Å². The Kier molecular flexibility index (Phi) is 4.83. The Morgan fingerprint density at radius 1 is 1.30 bits per heavy atom. The van der Waals surface area contributed by atoms with Crippen LogP contribution in [0.15, 0.2) is 18.2 Å². The molecule has 0 N–H and O–H groups in total. The predicted molar refractivity (Wildman–Crippen MR) is 73.8 cm³/mol. The molecular weight excluding hydrogens is 262 g/mol. The highest BCUT2D eigenvalue weighted by molar-refractivity contribution is 5.97. The highest BCUT2D eigenvalue weighted by Crippen LogP contribution is 2.12. The number of benzene rings is 1. The minimum absolute atomic E-state index is 0.166. The van der Waals surface area contributed by atoms with E-state index in [4.69, 9.17) is 0 Å². The van der Waals surface area contributed by atoms with E-state index < -0.39 is 11.6 Å². The van der Waals surface area contributed by atoms with Gasteiger partial charge in [-0.1, -0.05) is 6.92 Å². The van der Waals surface area contributed by atoms with Gasteiger partial charge in [-0.2, -0.15) is 0 Å². The molecule has 20 heavy (non-hydrogen) atoms. The van der Waals surface area contributed by atoms with Gasteiger partial charge in [-0.25, -0.2) is 8.78 Å². The number of hydrogen-bond donors (Lipinski definition) is 0. The second kappa shape index (κ2) is 6.41. The molecule has 1 aliphatic rings. The van der Waals surface area contributed by atoms with E-state index in [0.29, 0.717) is 6.04 Å². The molecule has 1 atom stereocenters. The van der Waals surface area contributed by atoms with E-state index in [0.717, 1.165) is 38.3 Å². The van der Waals surface area contributed by atoms with Crippen LogP contribution in [-0.4, -0.2) is 54.3 Å². The summed E-state index contributed by atoms with van der Waals surface area (Å²) in [6, 6.07) is 3.72. The van der Waals surface area contributed by atoms with E-state index in [9.17, 15) is 13.6 Å². The van der Waals surface area contributed by atoms with Crippen molar-refractivity contribution >= 4 is 5.78 Å².